The minimum atomic E-state index is -0.560. The first-order valence-electron chi connectivity index (χ1n) is 11.1. The molecule has 0 unspecified atom stereocenters. The van der Waals surface area contributed by atoms with Crippen molar-refractivity contribution < 1.29 is 13.9 Å². The molecule has 0 bridgehead atoms. The fraction of sp³-hybridized carbons (Fsp3) is 0.231. The van der Waals surface area contributed by atoms with Crippen molar-refractivity contribution in [1.82, 2.24) is 19.5 Å². The molecule has 0 atom stereocenters. The van der Waals surface area contributed by atoms with E-state index in [1.807, 2.05) is 25.3 Å². The number of hydrogen-bond acceptors (Lipinski definition) is 4. The number of imidazole rings is 1. The minimum absolute atomic E-state index is 0.308. The summed E-state index contributed by atoms with van der Waals surface area (Å²) in [6.07, 6.45) is 3.85. The summed E-state index contributed by atoms with van der Waals surface area (Å²) >= 11 is 0. The molecule has 4 aromatic rings. The third-order valence-corrected chi connectivity index (χ3v) is 6.10. The highest BCUT2D eigenvalue weighted by Gasteiger charge is 2.27. The lowest BCUT2D eigenvalue weighted by Gasteiger charge is -2.28. The van der Waals surface area contributed by atoms with Gasteiger partial charge in [0, 0.05) is 36.5 Å². The molecule has 0 radical (unpaired) electrons. The van der Waals surface area contributed by atoms with Crippen LogP contribution in [-0.4, -0.2) is 38.5 Å². The molecule has 5 rings (SSSR count). The molecular weight excluding hydrogens is 433 g/mol. The van der Waals surface area contributed by atoms with Crippen LogP contribution < -0.4 is 10.5 Å². The number of likely N-dealkylation sites (tertiary alicyclic amines) is 1. The van der Waals surface area contributed by atoms with Crippen molar-refractivity contribution in [2.75, 3.05) is 13.1 Å². The van der Waals surface area contributed by atoms with Crippen molar-refractivity contribution >= 4 is 11.6 Å². The molecule has 2 aromatic carbocycles. The topological polar surface area (TPSA) is 88.7 Å². The predicted octanol–water partition coefficient (Wildman–Crippen LogP) is 4.52. The first kappa shape index (κ1) is 21.6. The average Bonchev–Trinajstić information content (AvgIpc) is 3.41. The van der Waals surface area contributed by atoms with E-state index in [2.05, 4.69) is 22.0 Å². The van der Waals surface area contributed by atoms with Gasteiger partial charge in [0.25, 0.3) is 5.91 Å². The molecule has 34 heavy (non-hydrogen) atoms. The Kier molecular flexibility index (Phi) is 5.68. The van der Waals surface area contributed by atoms with E-state index in [0.29, 0.717) is 28.8 Å². The SMILES string of the molecule is CC#CN1CCC(c2c[nH]n3c(C(N)=O)c(-c4ccc(Oc5ccc(F)cc5)cc4)nc23)CC1. The van der Waals surface area contributed by atoms with E-state index in [1.54, 1.807) is 28.8 Å². The van der Waals surface area contributed by atoms with Gasteiger partial charge in [0.15, 0.2) is 11.3 Å². The van der Waals surface area contributed by atoms with Crippen LogP contribution in [0, 0.1) is 17.8 Å². The van der Waals surface area contributed by atoms with Crippen LogP contribution in [-0.2, 0) is 0 Å². The van der Waals surface area contributed by atoms with Gasteiger partial charge in [0.1, 0.15) is 23.0 Å². The lowest BCUT2D eigenvalue weighted by Crippen LogP contribution is -2.29. The van der Waals surface area contributed by atoms with Gasteiger partial charge in [-0.15, -0.1) is 0 Å². The molecule has 0 saturated carbocycles. The number of H-pyrrole nitrogens is 1. The summed E-state index contributed by atoms with van der Waals surface area (Å²) < 4.78 is 20.6. The van der Waals surface area contributed by atoms with Crippen molar-refractivity contribution in [3.63, 3.8) is 0 Å². The van der Waals surface area contributed by atoms with Crippen LogP contribution in [0.2, 0.25) is 0 Å². The van der Waals surface area contributed by atoms with E-state index in [1.165, 1.54) is 12.1 Å². The van der Waals surface area contributed by atoms with Gasteiger partial charge in [-0.2, -0.15) is 0 Å². The van der Waals surface area contributed by atoms with Crippen LogP contribution >= 0.6 is 0 Å². The number of carbonyl (C=O) groups is 1. The molecule has 2 aromatic heterocycles. The zero-order valence-corrected chi connectivity index (χ0v) is 18.7. The number of nitrogens with zero attached hydrogens (tertiary/aromatic N) is 3. The molecule has 7 nitrogen and oxygen atoms in total. The molecule has 0 spiro atoms. The van der Waals surface area contributed by atoms with Gasteiger partial charge in [-0.25, -0.2) is 13.9 Å². The van der Waals surface area contributed by atoms with E-state index in [4.69, 9.17) is 15.5 Å². The van der Waals surface area contributed by atoms with Gasteiger partial charge in [-0.3, -0.25) is 9.89 Å². The Labute approximate surface area is 196 Å². The molecule has 1 aliphatic heterocycles. The summed E-state index contributed by atoms with van der Waals surface area (Å²) in [5, 5.41) is 3.17. The monoisotopic (exact) mass is 457 g/mol. The van der Waals surface area contributed by atoms with E-state index in [-0.39, 0.29) is 5.82 Å². The van der Waals surface area contributed by atoms with Crippen LogP contribution in [0.15, 0.2) is 54.7 Å². The van der Waals surface area contributed by atoms with E-state index in [0.717, 1.165) is 42.7 Å². The van der Waals surface area contributed by atoms with Crippen molar-refractivity contribution in [2.24, 2.45) is 5.73 Å². The Morgan fingerprint density at radius 3 is 2.38 bits per heavy atom. The van der Waals surface area contributed by atoms with Gasteiger partial charge < -0.3 is 15.4 Å². The minimum Gasteiger partial charge on any atom is -0.457 e. The number of primary amides is 1. The van der Waals surface area contributed by atoms with Crippen molar-refractivity contribution in [3.8, 4) is 34.7 Å². The summed E-state index contributed by atoms with van der Waals surface area (Å²) in [7, 11) is 0. The highest BCUT2D eigenvalue weighted by atomic mass is 19.1. The third kappa shape index (κ3) is 4.08. The number of nitrogens with two attached hydrogens (primary N) is 1. The number of aromatic amines is 1. The fourth-order valence-corrected chi connectivity index (χ4v) is 4.45. The third-order valence-electron chi connectivity index (χ3n) is 6.10. The molecule has 8 heteroatoms. The molecule has 1 aliphatic rings. The van der Waals surface area contributed by atoms with Crippen LogP contribution in [0.4, 0.5) is 4.39 Å². The zero-order chi connectivity index (χ0) is 23.7. The van der Waals surface area contributed by atoms with Crippen molar-refractivity contribution in [3.05, 3.63) is 71.8 Å². The molecule has 1 fully saturated rings. The van der Waals surface area contributed by atoms with Gasteiger partial charge >= 0.3 is 0 Å². The maximum Gasteiger partial charge on any atom is 0.269 e. The van der Waals surface area contributed by atoms with E-state index in [9.17, 15) is 9.18 Å². The van der Waals surface area contributed by atoms with Crippen LogP contribution in [0.25, 0.3) is 16.9 Å². The van der Waals surface area contributed by atoms with Crippen LogP contribution in [0.1, 0.15) is 41.7 Å². The summed E-state index contributed by atoms with van der Waals surface area (Å²) in [4.78, 5) is 19.3. The zero-order valence-electron chi connectivity index (χ0n) is 18.7. The number of benzene rings is 2. The average molecular weight is 458 g/mol. The Morgan fingerprint density at radius 1 is 1.12 bits per heavy atom. The molecule has 1 amide bonds. The lowest BCUT2D eigenvalue weighted by molar-refractivity contribution is 0.0994. The quantitative estimate of drug-likeness (QED) is 0.431. The number of rotatable bonds is 5. The predicted molar refractivity (Wildman–Crippen MR) is 127 cm³/mol. The molecule has 3 heterocycles. The Bertz CT molecular complexity index is 1390. The number of nitrogens with one attached hydrogen (secondary N) is 1. The first-order valence-corrected chi connectivity index (χ1v) is 11.1. The number of piperidine rings is 1. The maximum absolute atomic E-state index is 13.1. The Morgan fingerprint density at radius 2 is 1.76 bits per heavy atom. The maximum atomic E-state index is 13.1. The van der Waals surface area contributed by atoms with E-state index >= 15 is 0 Å². The normalized spacial score (nSPS) is 14.1. The Balaban J connectivity index is 1.44. The first-order chi connectivity index (χ1) is 16.5. The number of carbonyl (C=O) groups excluding carboxylic acids is 1. The number of fused-ring (bicyclic) bond motifs is 1. The Hall–Kier alpha value is -4.25. The largest absolute Gasteiger partial charge is 0.457 e. The fourth-order valence-electron chi connectivity index (χ4n) is 4.45. The second kappa shape index (κ2) is 8.94. The van der Waals surface area contributed by atoms with Gasteiger partial charge in [-0.1, -0.05) is 5.92 Å². The molecular formula is C26H24FN5O2. The summed E-state index contributed by atoms with van der Waals surface area (Å²) in [5.41, 5.74) is 9.12. The number of ether oxygens (including phenoxy) is 1. The smallest absolute Gasteiger partial charge is 0.269 e. The van der Waals surface area contributed by atoms with Crippen molar-refractivity contribution in [1.29, 1.82) is 0 Å². The van der Waals surface area contributed by atoms with Gasteiger partial charge in [-0.05, 0) is 74.2 Å². The molecule has 0 aliphatic carbocycles. The molecule has 3 N–H and O–H groups in total. The molecule has 1 saturated heterocycles. The van der Waals surface area contributed by atoms with Crippen LogP contribution in [0.3, 0.4) is 0 Å². The second-order valence-electron chi connectivity index (χ2n) is 8.26. The summed E-state index contributed by atoms with van der Waals surface area (Å²) in [6.45, 7) is 3.64. The second-order valence-corrected chi connectivity index (χ2v) is 8.26. The lowest BCUT2D eigenvalue weighted by atomic mass is 9.91. The van der Waals surface area contributed by atoms with Crippen molar-refractivity contribution in [2.45, 2.75) is 25.7 Å². The number of hydrogen-bond donors (Lipinski definition) is 2. The van der Waals surface area contributed by atoms with Gasteiger partial charge in [0.2, 0.25) is 0 Å². The summed E-state index contributed by atoms with van der Waals surface area (Å²) in [6, 6.07) is 16.2. The molecule has 172 valence electrons. The highest BCUT2D eigenvalue weighted by Crippen LogP contribution is 2.34. The van der Waals surface area contributed by atoms with E-state index < -0.39 is 5.91 Å². The van der Waals surface area contributed by atoms with Crippen LogP contribution in [0.5, 0.6) is 11.5 Å². The number of halogens is 1. The van der Waals surface area contributed by atoms with Gasteiger partial charge in [0.05, 0.1) is 0 Å². The highest BCUT2D eigenvalue weighted by molar-refractivity contribution is 5.98. The number of aromatic nitrogens is 3. The standard InChI is InChI=1S/C26H24FN5O2/c1-2-13-31-14-11-17(12-15-31)22-16-29-32-24(25(28)33)23(30-26(22)32)18-3-7-20(8-4-18)34-21-9-5-19(27)6-10-21/h3-10,16-17,29H,11-12,14-15H2,1H3,(H2,28,33). The summed E-state index contributed by atoms with van der Waals surface area (Å²) in [5.74, 6) is 3.52. The number of amides is 1.